The maximum absolute atomic E-state index is 12.5. The molecule has 150 valence electrons. The van der Waals surface area contributed by atoms with Crippen LogP contribution in [-0.4, -0.2) is 57.4 Å². The van der Waals surface area contributed by atoms with E-state index in [1.54, 1.807) is 29.2 Å². The number of piperidine rings is 1. The van der Waals surface area contributed by atoms with E-state index in [-0.39, 0.29) is 10.8 Å². The first-order chi connectivity index (χ1) is 13.0. The lowest BCUT2D eigenvalue weighted by Crippen LogP contribution is -3.16. The third-order valence-electron chi connectivity index (χ3n) is 5.86. The van der Waals surface area contributed by atoms with Crippen molar-refractivity contribution in [3.8, 4) is 0 Å². The van der Waals surface area contributed by atoms with Gasteiger partial charge in [-0.3, -0.25) is 4.79 Å². The number of quaternary nitrogens is 1. The molecule has 2 aliphatic heterocycles. The number of hydrogen-bond acceptors (Lipinski definition) is 3. The minimum absolute atomic E-state index is 0.137. The van der Waals surface area contributed by atoms with Gasteiger partial charge >= 0.3 is 0 Å². The van der Waals surface area contributed by atoms with Crippen LogP contribution in [0.2, 0.25) is 0 Å². The van der Waals surface area contributed by atoms with Crippen molar-refractivity contribution in [2.45, 2.75) is 56.4 Å². The van der Waals surface area contributed by atoms with Gasteiger partial charge in [0.1, 0.15) is 0 Å². The number of carbonyl (C=O) groups is 1. The number of sulfonamides is 1. The summed E-state index contributed by atoms with van der Waals surface area (Å²) in [4.78, 5) is 14.2. The van der Waals surface area contributed by atoms with Crippen molar-refractivity contribution in [2.75, 3.05) is 32.7 Å². The number of nitrogens with one attached hydrogen (secondary N) is 2. The van der Waals surface area contributed by atoms with Crippen LogP contribution in [0.4, 0.5) is 0 Å². The SMILES string of the molecule is C[C@H]1CCCC[NH+]1CCCNC(=O)c1ccc(S(=O)(=O)N2CCCC2)cc1. The fourth-order valence-electron chi connectivity index (χ4n) is 4.10. The molecule has 1 aromatic carbocycles. The summed E-state index contributed by atoms with van der Waals surface area (Å²) in [6.07, 6.45) is 6.74. The topological polar surface area (TPSA) is 70.9 Å². The molecule has 2 fully saturated rings. The van der Waals surface area contributed by atoms with Gasteiger partial charge in [-0.1, -0.05) is 0 Å². The van der Waals surface area contributed by atoms with E-state index in [0.717, 1.165) is 31.8 Å². The molecule has 1 aromatic rings. The Morgan fingerprint density at radius 1 is 1.15 bits per heavy atom. The van der Waals surface area contributed by atoms with Gasteiger partial charge in [0.05, 0.1) is 24.0 Å². The Balaban J connectivity index is 1.47. The molecule has 1 amide bonds. The minimum Gasteiger partial charge on any atom is -0.352 e. The van der Waals surface area contributed by atoms with Gasteiger partial charge in [-0.15, -0.1) is 0 Å². The first-order valence-electron chi connectivity index (χ1n) is 10.2. The molecule has 6 nitrogen and oxygen atoms in total. The van der Waals surface area contributed by atoms with Crippen LogP contribution in [0.3, 0.4) is 0 Å². The van der Waals surface area contributed by atoms with Gasteiger partial charge < -0.3 is 10.2 Å². The zero-order chi connectivity index (χ0) is 19.3. The van der Waals surface area contributed by atoms with Crippen LogP contribution in [0.1, 0.15) is 55.8 Å². The van der Waals surface area contributed by atoms with E-state index < -0.39 is 10.0 Å². The highest BCUT2D eigenvalue weighted by Crippen LogP contribution is 2.21. The molecule has 2 N–H and O–H groups in total. The maximum atomic E-state index is 12.5. The fourth-order valence-corrected chi connectivity index (χ4v) is 5.62. The summed E-state index contributed by atoms with van der Waals surface area (Å²) in [6, 6.07) is 7.02. The third-order valence-corrected chi connectivity index (χ3v) is 7.77. The fraction of sp³-hybridized carbons (Fsp3) is 0.650. The number of amides is 1. The molecule has 0 aliphatic carbocycles. The van der Waals surface area contributed by atoms with Crippen molar-refractivity contribution < 1.29 is 18.1 Å². The van der Waals surface area contributed by atoms with E-state index in [9.17, 15) is 13.2 Å². The predicted molar refractivity (Wildman–Crippen MR) is 105 cm³/mol. The molecule has 7 heteroatoms. The van der Waals surface area contributed by atoms with Gasteiger partial charge in [0.25, 0.3) is 5.91 Å². The molecule has 0 bridgehead atoms. The smallest absolute Gasteiger partial charge is 0.251 e. The average molecular weight is 395 g/mol. The van der Waals surface area contributed by atoms with Gasteiger partial charge in [-0.25, -0.2) is 8.42 Å². The highest BCUT2D eigenvalue weighted by atomic mass is 32.2. The first-order valence-corrected chi connectivity index (χ1v) is 11.7. The molecule has 0 spiro atoms. The Labute approximate surface area is 163 Å². The standard InChI is InChI=1S/C20H31N3O3S/c1-17-7-2-3-13-22(17)14-6-12-21-20(24)18-8-10-19(11-9-18)27(25,26)23-15-4-5-16-23/h8-11,17H,2-7,12-16H2,1H3,(H,21,24)/p+1/t17-/m0/s1. The molecule has 2 saturated heterocycles. The first kappa shape index (κ1) is 20.3. The van der Waals surface area contributed by atoms with E-state index >= 15 is 0 Å². The van der Waals surface area contributed by atoms with Crippen LogP contribution in [0, 0.1) is 0 Å². The van der Waals surface area contributed by atoms with Crippen molar-refractivity contribution in [3.05, 3.63) is 29.8 Å². The highest BCUT2D eigenvalue weighted by molar-refractivity contribution is 7.89. The molecule has 27 heavy (non-hydrogen) atoms. The lowest BCUT2D eigenvalue weighted by molar-refractivity contribution is -0.928. The Hall–Kier alpha value is -1.44. The third kappa shape index (κ3) is 5.09. The second-order valence-electron chi connectivity index (χ2n) is 7.80. The molecule has 3 rings (SSSR count). The second-order valence-corrected chi connectivity index (χ2v) is 9.74. The average Bonchev–Trinajstić information content (AvgIpc) is 3.22. The maximum Gasteiger partial charge on any atom is 0.251 e. The number of nitrogens with zero attached hydrogens (tertiary/aromatic N) is 1. The number of benzene rings is 1. The quantitative estimate of drug-likeness (QED) is 0.679. The normalized spacial score (nSPS) is 24.0. The molecular weight excluding hydrogens is 362 g/mol. The van der Waals surface area contributed by atoms with E-state index in [2.05, 4.69) is 12.2 Å². The van der Waals surface area contributed by atoms with E-state index in [0.29, 0.717) is 25.2 Å². The Kier molecular flexibility index (Phi) is 6.89. The van der Waals surface area contributed by atoms with Crippen LogP contribution in [0.5, 0.6) is 0 Å². The largest absolute Gasteiger partial charge is 0.352 e. The zero-order valence-corrected chi connectivity index (χ0v) is 17.1. The van der Waals surface area contributed by atoms with Gasteiger partial charge in [-0.05, 0) is 63.3 Å². The summed E-state index contributed by atoms with van der Waals surface area (Å²) >= 11 is 0. The van der Waals surface area contributed by atoms with Crippen LogP contribution in [-0.2, 0) is 10.0 Å². The van der Waals surface area contributed by atoms with Crippen molar-refractivity contribution in [1.29, 1.82) is 0 Å². The van der Waals surface area contributed by atoms with Gasteiger partial charge in [0.15, 0.2) is 0 Å². The highest BCUT2D eigenvalue weighted by Gasteiger charge is 2.27. The summed E-state index contributed by atoms with van der Waals surface area (Å²) in [5.74, 6) is -0.137. The lowest BCUT2D eigenvalue weighted by Gasteiger charge is -2.30. The second kappa shape index (κ2) is 9.17. The molecule has 1 unspecified atom stereocenters. The molecule has 0 radical (unpaired) electrons. The van der Waals surface area contributed by atoms with Crippen molar-refractivity contribution in [1.82, 2.24) is 9.62 Å². The van der Waals surface area contributed by atoms with Gasteiger partial charge in [0.2, 0.25) is 10.0 Å². The number of likely N-dealkylation sites (tertiary alicyclic amines) is 1. The van der Waals surface area contributed by atoms with Crippen LogP contribution < -0.4 is 10.2 Å². The van der Waals surface area contributed by atoms with Gasteiger partial charge in [0, 0.05) is 31.6 Å². The number of hydrogen-bond donors (Lipinski definition) is 2. The van der Waals surface area contributed by atoms with Crippen molar-refractivity contribution in [2.24, 2.45) is 0 Å². The van der Waals surface area contributed by atoms with E-state index in [1.165, 1.54) is 30.1 Å². The summed E-state index contributed by atoms with van der Waals surface area (Å²) in [5.41, 5.74) is 0.508. The van der Waals surface area contributed by atoms with Gasteiger partial charge in [-0.2, -0.15) is 4.31 Å². The van der Waals surface area contributed by atoms with Crippen molar-refractivity contribution >= 4 is 15.9 Å². The van der Waals surface area contributed by atoms with Crippen LogP contribution >= 0.6 is 0 Å². The molecular formula is C20H32N3O3S+. The molecule has 2 atom stereocenters. The van der Waals surface area contributed by atoms with Crippen molar-refractivity contribution in [3.63, 3.8) is 0 Å². The summed E-state index contributed by atoms with van der Waals surface area (Å²) in [7, 11) is -3.42. The zero-order valence-electron chi connectivity index (χ0n) is 16.2. The lowest BCUT2D eigenvalue weighted by atomic mass is 10.0. The summed E-state index contributed by atoms with van der Waals surface area (Å²) in [5, 5.41) is 2.95. The Morgan fingerprint density at radius 2 is 1.85 bits per heavy atom. The van der Waals surface area contributed by atoms with E-state index in [1.807, 2.05) is 0 Å². The van der Waals surface area contributed by atoms with Crippen LogP contribution in [0.15, 0.2) is 29.2 Å². The summed E-state index contributed by atoms with van der Waals surface area (Å²) in [6.45, 7) is 6.47. The van der Waals surface area contributed by atoms with E-state index in [4.69, 9.17) is 0 Å². The molecule has 2 heterocycles. The Bertz CT molecular complexity index is 727. The van der Waals surface area contributed by atoms with Crippen LogP contribution in [0.25, 0.3) is 0 Å². The molecule has 2 aliphatic rings. The molecule has 0 saturated carbocycles. The Morgan fingerprint density at radius 3 is 2.52 bits per heavy atom. The minimum atomic E-state index is -3.42. The monoisotopic (exact) mass is 394 g/mol. The number of carbonyl (C=O) groups excluding carboxylic acids is 1. The number of rotatable bonds is 7. The summed E-state index contributed by atoms with van der Waals surface area (Å²) < 4.78 is 26.6. The predicted octanol–water partition coefficient (Wildman–Crippen LogP) is 1.05. The molecule has 0 aromatic heterocycles.